The van der Waals surface area contributed by atoms with Crippen molar-refractivity contribution in [2.24, 2.45) is 5.73 Å². The van der Waals surface area contributed by atoms with Crippen molar-refractivity contribution < 1.29 is 14.4 Å². The van der Waals surface area contributed by atoms with Gasteiger partial charge in [-0.25, -0.2) is 4.79 Å². The molecule has 0 aromatic heterocycles. The van der Waals surface area contributed by atoms with E-state index in [0.717, 1.165) is 5.56 Å². The zero-order valence-electron chi connectivity index (χ0n) is 15.5. The average Bonchev–Trinajstić information content (AvgIpc) is 2.68. The molecule has 152 valence electrons. The monoisotopic (exact) mass is 434 g/mol. The second-order valence-electron chi connectivity index (χ2n) is 6.58. The zero-order valence-corrected chi connectivity index (χ0v) is 17.0. The number of halogens is 2. The van der Waals surface area contributed by atoms with Crippen molar-refractivity contribution in [2.75, 3.05) is 19.6 Å². The molecule has 1 aliphatic heterocycles. The Kier molecular flexibility index (Phi) is 6.61. The van der Waals surface area contributed by atoms with Gasteiger partial charge in [-0.15, -0.1) is 0 Å². The molecule has 0 bridgehead atoms. The van der Waals surface area contributed by atoms with Gasteiger partial charge in [-0.05, 0) is 23.6 Å². The molecule has 3 rings (SSSR count). The molecule has 0 saturated heterocycles. The van der Waals surface area contributed by atoms with E-state index in [1.54, 1.807) is 4.90 Å². The molecule has 0 unspecified atom stereocenters. The minimum absolute atomic E-state index is 0.101. The Hall–Kier alpha value is -2.77. The van der Waals surface area contributed by atoms with E-state index >= 15 is 0 Å². The van der Waals surface area contributed by atoms with Crippen LogP contribution >= 0.6 is 23.2 Å². The molecule has 4 amide bonds. The van der Waals surface area contributed by atoms with Crippen molar-refractivity contribution in [3.05, 3.63) is 68.7 Å². The summed E-state index contributed by atoms with van der Waals surface area (Å²) in [4.78, 5) is 37.8. The maximum Gasteiger partial charge on any atom is 0.312 e. The van der Waals surface area contributed by atoms with Gasteiger partial charge in [0.15, 0.2) is 0 Å². The number of carbonyl (C=O) groups is 3. The molecule has 0 saturated carbocycles. The number of primary amides is 1. The molecular weight excluding hydrogens is 415 g/mol. The predicted molar refractivity (Wildman–Crippen MR) is 111 cm³/mol. The summed E-state index contributed by atoms with van der Waals surface area (Å²) in [6.45, 7) is 1.32. The smallest absolute Gasteiger partial charge is 0.312 e. The SMILES string of the molecule is NC(=O)NCCNC(=O)c1c(Cl)cc2c(c1Cl)CCN(Cc1ccccc1)C2=O. The Morgan fingerprint density at radius 3 is 2.48 bits per heavy atom. The standard InChI is InChI=1S/C20H20Cl2N4O3/c21-15-10-14-13(17(22)16(15)18(27)24-7-8-25-20(23)29)6-9-26(19(14)28)11-12-4-2-1-3-5-12/h1-5,10H,6-9,11H2,(H,24,27)(H3,23,25,29). The van der Waals surface area contributed by atoms with Gasteiger partial charge in [-0.1, -0.05) is 53.5 Å². The fraction of sp³-hybridized carbons (Fsp3) is 0.250. The van der Waals surface area contributed by atoms with Gasteiger partial charge in [-0.2, -0.15) is 0 Å². The van der Waals surface area contributed by atoms with E-state index < -0.39 is 11.9 Å². The first-order valence-corrected chi connectivity index (χ1v) is 9.79. The Bertz CT molecular complexity index is 950. The van der Waals surface area contributed by atoms with Crippen LogP contribution in [0.3, 0.4) is 0 Å². The van der Waals surface area contributed by atoms with Crippen LogP contribution in [0.2, 0.25) is 10.0 Å². The Balaban J connectivity index is 1.78. The highest BCUT2D eigenvalue weighted by atomic mass is 35.5. The number of nitrogens with two attached hydrogens (primary N) is 1. The van der Waals surface area contributed by atoms with Crippen molar-refractivity contribution in [3.63, 3.8) is 0 Å². The first-order valence-electron chi connectivity index (χ1n) is 9.04. The fourth-order valence-corrected chi connectivity index (χ4v) is 3.95. The van der Waals surface area contributed by atoms with Gasteiger partial charge in [0.25, 0.3) is 11.8 Å². The number of hydrogen-bond donors (Lipinski definition) is 3. The molecule has 0 radical (unpaired) electrons. The second-order valence-corrected chi connectivity index (χ2v) is 7.37. The molecule has 0 aliphatic carbocycles. The van der Waals surface area contributed by atoms with Crippen LogP contribution in [0.15, 0.2) is 36.4 Å². The highest BCUT2D eigenvalue weighted by molar-refractivity contribution is 6.40. The number of amides is 4. The van der Waals surface area contributed by atoms with E-state index in [9.17, 15) is 14.4 Å². The fourth-order valence-electron chi connectivity index (χ4n) is 3.23. The molecule has 0 spiro atoms. The largest absolute Gasteiger partial charge is 0.352 e. The van der Waals surface area contributed by atoms with Gasteiger partial charge >= 0.3 is 6.03 Å². The van der Waals surface area contributed by atoms with Crippen molar-refractivity contribution in [3.8, 4) is 0 Å². The van der Waals surface area contributed by atoms with Gasteiger partial charge in [-0.3, -0.25) is 9.59 Å². The van der Waals surface area contributed by atoms with Crippen LogP contribution < -0.4 is 16.4 Å². The Morgan fingerprint density at radius 2 is 1.79 bits per heavy atom. The summed E-state index contributed by atoms with van der Waals surface area (Å²) in [7, 11) is 0. The summed E-state index contributed by atoms with van der Waals surface area (Å²) in [5.41, 5.74) is 7.16. The lowest BCUT2D eigenvalue weighted by atomic mass is 9.95. The number of carbonyl (C=O) groups excluding carboxylic acids is 3. The van der Waals surface area contributed by atoms with Crippen LogP contribution in [0.4, 0.5) is 4.79 Å². The third-order valence-corrected chi connectivity index (χ3v) is 5.34. The van der Waals surface area contributed by atoms with Gasteiger partial charge in [0.1, 0.15) is 0 Å². The summed E-state index contributed by atoms with van der Waals surface area (Å²) in [5.74, 6) is -0.648. The van der Waals surface area contributed by atoms with Crippen molar-refractivity contribution >= 4 is 41.0 Å². The first-order chi connectivity index (χ1) is 13.9. The third kappa shape index (κ3) is 4.81. The number of nitrogens with one attached hydrogen (secondary N) is 2. The van der Waals surface area contributed by atoms with E-state index in [1.807, 2.05) is 30.3 Å². The van der Waals surface area contributed by atoms with Crippen molar-refractivity contribution in [1.29, 1.82) is 0 Å². The van der Waals surface area contributed by atoms with E-state index in [-0.39, 0.29) is 34.6 Å². The van der Waals surface area contributed by atoms with Gasteiger partial charge in [0, 0.05) is 31.7 Å². The highest BCUT2D eigenvalue weighted by Gasteiger charge is 2.30. The zero-order chi connectivity index (χ0) is 21.0. The van der Waals surface area contributed by atoms with Gasteiger partial charge in [0.05, 0.1) is 15.6 Å². The molecule has 2 aromatic carbocycles. The summed E-state index contributed by atoms with van der Waals surface area (Å²) < 4.78 is 0. The van der Waals surface area contributed by atoms with E-state index in [4.69, 9.17) is 28.9 Å². The lowest BCUT2D eigenvalue weighted by Crippen LogP contribution is -2.38. The average molecular weight is 435 g/mol. The van der Waals surface area contributed by atoms with E-state index in [2.05, 4.69) is 10.6 Å². The Morgan fingerprint density at radius 1 is 1.10 bits per heavy atom. The molecule has 0 fully saturated rings. The summed E-state index contributed by atoms with van der Waals surface area (Å²) in [6.07, 6.45) is 0.521. The molecule has 1 heterocycles. The molecule has 29 heavy (non-hydrogen) atoms. The number of hydrogen-bond acceptors (Lipinski definition) is 3. The molecular formula is C20H20Cl2N4O3. The van der Waals surface area contributed by atoms with Gasteiger partial charge < -0.3 is 21.3 Å². The third-order valence-electron chi connectivity index (χ3n) is 4.62. The van der Waals surface area contributed by atoms with Crippen LogP contribution in [-0.4, -0.2) is 42.4 Å². The minimum atomic E-state index is -0.678. The quantitative estimate of drug-likeness (QED) is 0.608. The van der Waals surface area contributed by atoms with Crippen LogP contribution in [0.1, 0.15) is 31.8 Å². The number of nitrogens with zero attached hydrogens (tertiary/aromatic N) is 1. The molecule has 1 aliphatic rings. The molecule has 9 heteroatoms. The maximum atomic E-state index is 12.9. The summed E-state index contributed by atoms with van der Waals surface area (Å²) in [6, 6.07) is 10.5. The molecule has 7 nitrogen and oxygen atoms in total. The number of fused-ring (bicyclic) bond motifs is 1. The lowest BCUT2D eigenvalue weighted by molar-refractivity contribution is 0.0726. The number of rotatable bonds is 6. The number of benzene rings is 2. The van der Waals surface area contributed by atoms with Crippen LogP contribution in [0, 0.1) is 0 Å². The minimum Gasteiger partial charge on any atom is -0.352 e. The normalized spacial score (nSPS) is 13.0. The van der Waals surface area contributed by atoms with Crippen molar-refractivity contribution in [1.82, 2.24) is 15.5 Å². The predicted octanol–water partition coefficient (Wildman–Crippen LogP) is 2.59. The number of urea groups is 1. The highest BCUT2D eigenvalue weighted by Crippen LogP contribution is 2.34. The van der Waals surface area contributed by atoms with E-state index in [1.165, 1.54) is 6.07 Å². The molecule has 4 N–H and O–H groups in total. The van der Waals surface area contributed by atoms with Crippen LogP contribution in [-0.2, 0) is 13.0 Å². The Labute approximate surface area is 178 Å². The van der Waals surface area contributed by atoms with Crippen molar-refractivity contribution in [2.45, 2.75) is 13.0 Å². The summed E-state index contributed by atoms with van der Waals surface area (Å²) >= 11 is 12.7. The first kappa shape index (κ1) is 21.0. The summed E-state index contributed by atoms with van der Waals surface area (Å²) in [5, 5.41) is 5.27. The topological polar surface area (TPSA) is 105 Å². The van der Waals surface area contributed by atoms with Crippen LogP contribution in [0.25, 0.3) is 0 Å². The van der Waals surface area contributed by atoms with Crippen LogP contribution in [0.5, 0.6) is 0 Å². The van der Waals surface area contributed by atoms with E-state index in [0.29, 0.717) is 30.6 Å². The second kappa shape index (κ2) is 9.15. The lowest BCUT2D eigenvalue weighted by Gasteiger charge is -2.30. The maximum absolute atomic E-state index is 12.9. The molecule has 0 atom stereocenters. The van der Waals surface area contributed by atoms with Gasteiger partial charge in [0.2, 0.25) is 0 Å². The molecule has 2 aromatic rings.